The first-order valence-corrected chi connectivity index (χ1v) is 11.7. The maximum absolute atomic E-state index is 13.1. The van der Waals surface area contributed by atoms with E-state index in [1.807, 2.05) is 37.3 Å². The van der Waals surface area contributed by atoms with Crippen LogP contribution in [0.15, 0.2) is 48.5 Å². The minimum absolute atomic E-state index is 0.0364. The van der Waals surface area contributed by atoms with E-state index in [1.165, 1.54) is 12.1 Å². The van der Waals surface area contributed by atoms with E-state index >= 15 is 0 Å². The highest BCUT2D eigenvalue weighted by atomic mass is 35.5. The standard InChI is InChI=1S/C24H22ClN3O6S/c1-4-34-24(31)19-13(2)20(22(30)26-14(3)15-8-6-5-7-9-15)35-23(19)27-21(29)16-10-11-17(25)18(12-16)28(32)33/h5-12,14H,4H2,1-3H3,(H,26,30)(H,27,29). The highest BCUT2D eigenvalue weighted by Gasteiger charge is 2.28. The van der Waals surface area contributed by atoms with Crippen LogP contribution < -0.4 is 10.6 Å². The summed E-state index contributed by atoms with van der Waals surface area (Å²) in [5, 5.41) is 16.6. The minimum atomic E-state index is -0.707. The quantitative estimate of drug-likeness (QED) is 0.230. The third-order valence-corrected chi connectivity index (χ3v) is 6.64. The van der Waals surface area contributed by atoms with E-state index in [9.17, 15) is 24.5 Å². The summed E-state index contributed by atoms with van der Waals surface area (Å²) in [7, 11) is 0. The van der Waals surface area contributed by atoms with Crippen molar-refractivity contribution in [3.8, 4) is 0 Å². The molecule has 9 nitrogen and oxygen atoms in total. The zero-order valence-electron chi connectivity index (χ0n) is 19.1. The molecule has 0 bridgehead atoms. The van der Waals surface area contributed by atoms with Gasteiger partial charge in [0, 0.05) is 11.6 Å². The Morgan fingerprint density at radius 3 is 2.46 bits per heavy atom. The third-order valence-electron chi connectivity index (χ3n) is 5.11. The summed E-state index contributed by atoms with van der Waals surface area (Å²) in [6.45, 7) is 5.16. The molecule has 0 aliphatic heterocycles. The lowest BCUT2D eigenvalue weighted by molar-refractivity contribution is -0.384. The Kier molecular flexibility index (Phi) is 8.21. The average molecular weight is 516 g/mol. The fourth-order valence-electron chi connectivity index (χ4n) is 3.32. The van der Waals surface area contributed by atoms with Crippen molar-refractivity contribution in [2.75, 3.05) is 11.9 Å². The van der Waals surface area contributed by atoms with Gasteiger partial charge in [0.2, 0.25) is 0 Å². The summed E-state index contributed by atoms with van der Waals surface area (Å²) >= 11 is 6.74. The van der Waals surface area contributed by atoms with E-state index in [2.05, 4.69) is 10.6 Å². The van der Waals surface area contributed by atoms with Gasteiger partial charge in [0.15, 0.2) is 0 Å². The predicted molar refractivity (Wildman–Crippen MR) is 133 cm³/mol. The molecule has 1 heterocycles. The van der Waals surface area contributed by atoms with Crippen LogP contribution in [0.1, 0.15) is 61.4 Å². The number of nitro benzene ring substituents is 1. The van der Waals surface area contributed by atoms with Crippen LogP contribution in [0.25, 0.3) is 0 Å². The number of ether oxygens (including phenoxy) is 1. The van der Waals surface area contributed by atoms with Crippen LogP contribution in [0.4, 0.5) is 10.7 Å². The van der Waals surface area contributed by atoms with E-state index in [4.69, 9.17) is 16.3 Å². The van der Waals surface area contributed by atoms with Gasteiger partial charge in [-0.2, -0.15) is 0 Å². The first-order chi connectivity index (χ1) is 16.6. The zero-order chi connectivity index (χ0) is 25.7. The van der Waals surface area contributed by atoms with Gasteiger partial charge in [0.1, 0.15) is 10.0 Å². The molecule has 1 unspecified atom stereocenters. The molecule has 2 aromatic carbocycles. The van der Waals surface area contributed by atoms with Gasteiger partial charge < -0.3 is 15.4 Å². The lowest BCUT2D eigenvalue weighted by atomic mass is 10.1. The monoisotopic (exact) mass is 515 g/mol. The van der Waals surface area contributed by atoms with Crippen molar-refractivity contribution in [2.45, 2.75) is 26.8 Å². The molecule has 182 valence electrons. The number of carbonyl (C=O) groups is 3. The number of amides is 2. The number of thiophene rings is 1. The Morgan fingerprint density at radius 2 is 1.83 bits per heavy atom. The third kappa shape index (κ3) is 5.84. The molecular formula is C24H22ClN3O6S. The molecule has 0 aliphatic rings. The van der Waals surface area contributed by atoms with Crippen molar-refractivity contribution >= 4 is 51.4 Å². The summed E-state index contributed by atoms with van der Waals surface area (Å²) in [5.41, 5.74) is 0.834. The van der Waals surface area contributed by atoms with Crippen molar-refractivity contribution in [3.63, 3.8) is 0 Å². The fourth-order valence-corrected chi connectivity index (χ4v) is 4.60. The number of nitro groups is 1. The molecule has 1 atom stereocenters. The molecule has 0 saturated heterocycles. The van der Waals surface area contributed by atoms with Gasteiger partial charge in [0.25, 0.3) is 17.5 Å². The number of halogens is 1. The number of esters is 1. The number of hydrogen-bond acceptors (Lipinski definition) is 7. The second-order valence-corrected chi connectivity index (χ2v) is 8.89. The van der Waals surface area contributed by atoms with Gasteiger partial charge in [-0.05, 0) is 44.0 Å². The number of rotatable bonds is 8. The Morgan fingerprint density at radius 1 is 1.14 bits per heavy atom. The summed E-state index contributed by atoms with van der Waals surface area (Å²) in [4.78, 5) is 49.3. The largest absolute Gasteiger partial charge is 0.462 e. The number of nitrogens with zero attached hydrogens (tertiary/aromatic N) is 1. The summed E-state index contributed by atoms with van der Waals surface area (Å²) in [6.07, 6.45) is 0. The summed E-state index contributed by atoms with van der Waals surface area (Å²) in [6, 6.07) is 12.7. The highest BCUT2D eigenvalue weighted by molar-refractivity contribution is 7.18. The number of hydrogen-bond donors (Lipinski definition) is 2. The molecule has 0 fully saturated rings. The van der Waals surface area contributed by atoms with Crippen molar-refractivity contribution in [1.82, 2.24) is 5.32 Å². The van der Waals surface area contributed by atoms with Crippen LogP contribution in [0.5, 0.6) is 0 Å². The summed E-state index contributed by atoms with van der Waals surface area (Å²) < 4.78 is 5.12. The number of carbonyl (C=O) groups excluding carboxylic acids is 3. The first-order valence-electron chi connectivity index (χ1n) is 10.6. The van der Waals surface area contributed by atoms with Crippen molar-refractivity contribution in [1.29, 1.82) is 0 Å². The van der Waals surface area contributed by atoms with Crippen LogP contribution >= 0.6 is 22.9 Å². The molecule has 0 aliphatic carbocycles. The first kappa shape index (κ1) is 25.9. The average Bonchev–Trinajstić information content (AvgIpc) is 3.15. The number of nitrogens with one attached hydrogen (secondary N) is 2. The molecule has 0 radical (unpaired) electrons. The van der Waals surface area contributed by atoms with Crippen LogP contribution in [0.2, 0.25) is 5.02 Å². The van der Waals surface area contributed by atoms with E-state index in [0.29, 0.717) is 5.56 Å². The van der Waals surface area contributed by atoms with Crippen LogP contribution in [-0.4, -0.2) is 29.3 Å². The Labute approximate surface area is 210 Å². The minimum Gasteiger partial charge on any atom is -0.462 e. The second-order valence-electron chi connectivity index (χ2n) is 7.46. The number of benzene rings is 2. The van der Waals surface area contributed by atoms with Crippen LogP contribution in [-0.2, 0) is 4.74 Å². The van der Waals surface area contributed by atoms with Crippen LogP contribution in [0.3, 0.4) is 0 Å². The molecular weight excluding hydrogens is 494 g/mol. The zero-order valence-corrected chi connectivity index (χ0v) is 20.7. The van der Waals surface area contributed by atoms with E-state index in [1.54, 1.807) is 13.8 Å². The smallest absolute Gasteiger partial charge is 0.341 e. The van der Waals surface area contributed by atoms with Gasteiger partial charge in [-0.25, -0.2) is 4.79 Å². The Balaban J connectivity index is 1.93. The van der Waals surface area contributed by atoms with Crippen LogP contribution in [0, 0.1) is 17.0 Å². The Bertz CT molecular complexity index is 1290. The molecule has 1 aromatic heterocycles. The summed E-state index contributed by atoms with van der Waals surface area (Å²) in [5.74, 6) is -1.83. The van der Waals surface area contributed by atoms with Gasteiger partial charge in [-0.1, -0.05) is 41.9 Å². The fraction of sp³-hybridized carbons (Fsp3) is 0.208. The molecule has 0 saturated carbocycles. The molecule has 3 aromatic rings. The van der Waals surface area contributed by atoms with Crippen molar-refractivity contribution in [3.05, 3.63) is 90.8 Å². The second kappa shape index (κ2) is 11.1. The van der Waals surface area contributed by atoms with Gasteiger partial charge in [-0.3, -0.25) is 19.7 Å². The lowest BCUT2D eigenvalue weighted by Gasteiger charge is -2.14. The molecule has 35 heavy (non-hydrogen) atoms. The maximum atomic E-state index is 13.1. The SMILES string of the molecule is CCOC(=O)c1c(NC(=O)c2ccc(Cl)c([N+](=O)[O-])c2)sc(C(=O)NC(C)c2ccccc2)c1C. The van der Waals surface area contributed by atoms with Crippen molar-refractivity contribution < 1.29 is 24.0 Å². The van der Waals surface area contributed by atoms with Gasteiger partial charge in [-0.15, -0.1) is 11.3 Å². The molecule has 2 amide bonds. The van der Waals surface area contributed by atoms with Gasteiger partial charge >= 0.3 is 5.97 Å². The number of anilines is 1. The highest BCUT2D eigenvalue weighted by Crippen LogP contribution is 2.35. The molecule has 3 rings (SSSR count). The topological polar surface area (TPSA) is 128 Å². The van der Waals surface area contributed by atoms with Gasteiger partial charge in [0.05, 0.1) is 28.0 Å². The Hall–Kier alpha value is -3.76. The molecule has 2 N–H and O–H groups in total. The lowest BCUT2D eigenvalue weighted by Crippen LogP contribution is -2.26. The normalized spacial score (nSPS) is 11.4. The van der Waals surface area contributed by atoms with E-state index in [0.717, 1.165) is 23.0 Å². The molecule has 0 spiro atoms. The van der Waals surface area contributed by atoms with E-state index < -0.39 is 28.4 Å². The molecule has 11 heteroatoms. The van der Waals surface area contributed by atoms with Crippen molar-refractivity contribution in [2.24, 2.45) is 0 Å². The predicted octanol–water partition coefficient (Wildman–Crippen LogP) is 5.54. The maximum Gasteiger partial charge on any atom is 0.341 e. The van der Waals surface area contributed by atoms with E-state index in [-0.39, 0.29) is 38.7 Å².